The molecule has 4 nitrogen and oxygen atoms in total. The van der Waals surface area contributed by atoms with Gasteiger partial charge in [0.25, 0.3) is 0 Å². The maximum absolute atomic E-state index is 11.1. The van der Waals surface area contributed by atoms with Crippen LogP contribution in [0.15, 0.2) is 0 Å². The maximum Gasteiger partial charge on any atom is 0.211 e. The Bertz CT molecular complexity index is 254. The van der Waals surface area contributed by atoms with Crippen LogP contribution in [0, 0.1) is 11.3 Å². The molecule has 0 heterocycles. The van der Waals surface area contributed by atoms with Crippen LogP contribution in [0.25, 0.3) is 0 Å². The molecule has 0 fully saturated rings. The van der Waals surface area contributed by atoms with Crippen molar-refractivity contribution in [3.05, 3.63) is 0 Å². The first-order valence-electron chi connectivity index (χ1n) is 4.46. The topological polar surface area (TPSA) is 70.0 Å². The third kappa shape index (κ3) is 7.75. The second-order valence-corrected chi connectivity index (χ2v) is 4.75. The summed E-state index contributed by atoms with van der Waals surface area (Å²) < 4.78 is 24.7. The van der Waals surface area contributed by atoms with E-state index in [9.17, 15) is 8.42 Å². The third-order valence-corrected chi connectivity index (χ3v) is 3.10. The van der Waals surface area contributed by atoms with Crippen LogP contribution in [0.5, 0.6) is 0 Å². The van der Waals surface area contributed by atoms with Gasteiger partial charge in [-0.25, -0.2) is 13.1 Å². The molecule has 0 saturated carbocycles. The lowest BCUT2D eigenvalue weighted by atomic mass is 10.2. The number of hydrogen-bond acceptors (Lipinski definition) is 3. The lowest BCUT2D eigenvalue weighted by Crippen LogP contribution is -2.27. The molecule has 0 aliphatic heterocycles. The monoisotopic (exact) mass is 204 g/mol. The zero-order valence-corrected chi connectivity index (χ0v) is 8.73. The maximum atomic E-state index is 11.1. The van der Waals surface area contributed by atoms with Crippen molar-refractivity contribution in [1.29, 1.82) is 5.26 Å². The van der Waals surface area contributed by atoms with Crippen LogP contribution in [0.3, 0.4) is 0 Å². The Morgan fingerprint density at radius 3 is 2.62 bits per heavy atom. The standard InChI is InChI=1S/C8H16N2O2S/c1-2-8-13(11,12)10-7-5-3-4-6-9/h10H,2-5,7-8H2,1H3. The number of nitriles is 1. The fourth-order valence-corrected chi connectivity index (χ4v) is 2.03. The zero-order valence-electron chi connectivity index (χ0n) is 7.91. The van der Waals surface area contributed by atoms with E-state index < -0.39 is 10.0 Å². The predicted molar refractivity (Wildman–Crippen MR) is 51.5 cm³/mol. The van der Waals surface area contributed by atoms with Crippen LogP contribution in [-0.4, -0.2) is 20.7 Å². The molecule has 0 radical (unpaired) electrons. The molecule has 0 aromatic rings. The molecule has 13 heavy (non-hydrogen) atoms. The molecule has 5 heteroatoms. The molecule has 0 aromatic carbocycles. The molecule has 76 valence electrons. The minimum Gasteiger partial charge on any atom is -0.215 e. The summed E-state index contributed by atoms with van der Waals surface area (Å²) in [6.07, 6.45) is 2.62. The van der Waals surface area contributed by atoms with Crippen molar-refractivity contribution >= 4 is 10.0 Å². The normalized spacial score (nSPS) is 11.1. The number of sulfonamides is 1. The lowest BCUT2D eigenvalue weighted by molar-refractivity contribution is 0.576. The van der Waals surface area contributed by atoms with E-state index in [1.165, 1.54) is 0 Å². The summed E-state index contributed by atoms with van der Waals surface area (Å²) in [6.45, 7) is 2.28. The van der Waals surface area contributed by atoms with Gasteiger partial charge in [-0.05, 0) is 19.3 Å². The molecular formula is C8H16N2O2S. The van der Waals surface area contributed by atoms with Gasteiger partial charge in [0.1, 0.15) is 0 Å². The van der Waals surface area contributed by atoms with E-state index >= 15 is 0 Å². The van der Waals surface area contributed by atoms with Gasteiger partial charge in [-0.15, -0.1) is 0 Å². The van der Waals surface area contributed by atoms with E-state index in [1.54, 1.807) is 0 Å². The number of nitrogens with one attached hydrogen (secondary N) is 1. The quantitative estimate of drug-likeness (QED) is 0.629. The summed E-state index contributed by atoms with van der Waals surface area (Å²) >= 11 is 0. The van der Waals surface area contributed by atoms with Crippen molar-refractivity contribution in [1.82, 2.24) is 4.72 Å². The molecule has 0 unspecified atom stereocenters. The second-order valence-electron chi connectivity index (χ2n) is 2.83. The van der Waals surface area contributed by atoms with Crippen LogP contribution in [-0.2, 0) is 10.0 Å². The van der Waals surface area contributed by atoms with Gasteiger partial charge >= 0.3 is 0 Å². The zero-order chi connectivity index (χ0) is 10.2. The van der Waals surface area contributed by atoms with Crippen LogP contribution >= 0.6 is 0 Å². The van der Waals surface area contributed by atoms with E-state index in [-0.39, 0.29) is 5.75 Å². The summed E-state index contributed by atoms with van der Waals surface area (Å²) in [6, 6.07) is 2.01. The van der Waals surface area contributed by atoms with E-state index in [1.807, 2.05) is 13.0 Å². The highest BCUT2D eigenvalue weighted by Crippen LogP contribution is 1.94. The van der Waals surface area contributed by atoms with Gasteiger partial charge in [0.15, 0.2) is 0 Å². The molecule has 0 rings (SSSR count). The van der Waals surface area contributed by atoms with Gasteiger partial charge in [0.05, 0.1) is 11.8 Å². The van der Waals surface area contributed by atoms with Crippen molar-refractivity contribution in [2.45, 2.75) is 32.6 Å². The third-order valence-electron chi connectivity index (χ3n) is 1.51. The fourth-order valence-electron chi connectivity index (χ4n) is 0.898. The molecule has 0 aromatic heterocycles. The largest absolute Gasteiger partial charge is 0.215 e. The average Bonchev–Trinajstić information content (AvgIpc) is 2.04. The minimum atomic E-state index is -3.05. The highest BCUT2D eigenvalue weighted by Gasteiger charge is 2.06. The highest BCUT2D eigenvalue weighted by atomic mass is 32.2. The highest BCUT2D eigenvalue weighted by molar-refractivity contribution is 7.89. The SMILES string of the molecule is CCCS(=O)(=O)NCCCCC#N. The molecule has 0 aliphatic carbocycles. The van der Waals surface area contributed by atoms with Crippen LogP contribution in [0.2, 0.25) is 0 Å². The second kappa shape index (κ2) is 6.87. The molecule has 0 bridgehead atoms. The minimum absolute atomic E-state index is 0.186. The van der Waals surface area contributed by atoms with Crippen LogP contribution < -0.4 is 4.72 Å². The summed E-state index contributed by atoms with van der Waals surface area (Å²) in [5.41, 5.74) is 0. The first-order valence-corrected chi connectivity index (χ1v) is 6.12. The van der Waals surface area contributed by atoms with Crippen molar-refractivity contribution in [3.63, 3.8) is 0 Å². The van der Waals surface area contributed by atoms with E-state index in [2.05, 4.69) is 4.72 Å². The molecule has 0 spiro atoms. The summed E-state index contributed by atoms with van der Waals surface area (Å²) in [5.74, 6) is 0.186. The molecule has 1 N–H and O–H groups in total. The lowest BCUT2D eigenvalue weighted by Gasteiger charge is -2.03. The van der Waals surface area contributed by atoms with Gasteiger partial charge in [-0.2, -0.15) is 5.26 Å². The van der Waals surface area contributed by atoms with Gasteiger partial charge < -0.3 is 0 Å². The summed E-state index contributed by atoms with van der Waals surface area (Å²) in [5, 5.41) is 8.22. The van der Waals surface area contributed by atoms with Gasteiger partial charge in [-0.1, -0.05) is 6.92 Å². The predicted octanol–water partition coefficient (Wildman–Crippen LogP) is 1.01. The number of unbranched alkanes of at least 4 members (excludes halogenated alkanes) is 2. The van der Waals surface area contributed by atoms with Crippen LogP contribution in [0.1, 0.15) is 32.6 Å². The van der Waals surface area contributed by atoms with Gasteiger partial charge in [0.2, 0.25) is 10.0 Å². The van der Waals surface area contributed by atoms with Crippen molar-refractivity contribution in [2.24, 2.45) is 0 Å². The Morgan fingerprint density at radius 1 is 1.38 bits per heavy atom. The Morgan fingerprint density at radius 2 is 2.08 bits per heavy atom. The van der Waals surface area contributed by atoms with Gasteiger partial charge in [0, 0.05) is 13.0 Å². The van der Waals surface area contributed by atoms with Crippen molar-refractivity contribution < 1.29 is 8.42 Å². The average molecular weight is 204 g/mol. The fraction of sp³-hybridized carbons (Fsp3) is 0.875. The molecule has 0 atom stereocenters. The molecule has 0 aliphatic rings. The van der Waals surface area contributed by atoms with E-state index in [0.29, 0.717) is 19.4 Å². The molecule has 0 saturated heterocycles. The number of hydrogen-bond donors (Lipinski definition) is 1. The van der Waals surface area contributed by atoms with E-state index in [4.69, 9.17) is 5.26 Å². The first-order chi connectivity index (χ1) is 6.12. The summed E-state index contributed by atoms with van der Waals surface area (Å²) in [7, 11) is -3.05. The smallest absolute Gasteiger partial charge is 0.211 e. The molecule has 0 amide bonds. The van der Waals surface area contributed by atoms with E-state index in [0.717, 1.165) is 12.8 Å². The number of rotatable bonds is 7. The van der Waals surface area contributed by atoms with Gasteiger partial charge in [-0.3, -0.25) is 0 Å². The van der Waals surface area contributed by atoms with Crippen LogP contribution in [0.4, 0.5) is 0 Å². The first kappa shape index (κ1) is 12.4. The number of nitrogens with zero attached hydrogens (tertiary/aromatic N) is 1. The molecular weight excluding hydrogens is 188 g/mol. The Hall–Kier alpha value is -0.600. The Balaban J connectivity index is 3.48. The Labute approximate surface area is 80.0 Å². The Kier molecular flexibility index (Phi) is 6.55. The van der Waals surface area contributed by atoms with Crippen molar-refractivity contribution in [2.75, 3.05) is 12.3 Å². The summed E-state index contributed by atoms with van der Waals surface area (Å²) in [4.78, 5) is 0. The van der Waals surface area contributed by atoms with Crippen molar-refractivity contribution in [3.8, 4) is 6.07 Å².